The van der Waals surface area contributed by atoms with Gasteiger partial charge in [-0.2, -0.15) is 0 Å². The highest BCUT2D eigenvalue weighted by Gasteiger charge is 1.91. The van der Waals surface area contributed by atoms with Gasteiger partial charge in [0.2, 0.25) is 0 Å². The van der Waals surface area contributed by atoms with Gasteiger partial charge in [0.05, 0.1) is 0 Å². The molecule has 0 aromatic carbocycles. The molecule has 0 rings (SSSR count). The van der Waals surface area contributed by atoms with Crippen LogP contribution in [0.5, 0.6) is 0 Å². The molecule has 0 aromatic rings. The Balaban J connectivity index is -0.000000128. The molecule has 0 bridgehead atoms. The summed E-state index contributed by atoms with van der Waals surface area (Å²) in [7, 11) is 0. The van der Waals surface area contributed by atoms with Crippen LogP contribution in [0.3, 0.4) is 0 Å². The maximum absolute atomic E-state index is 8.11. The van der Waals surface area contributed by atoms with Crippen molar-refractivity contribution in [3.8, 4) is 0 Å². The molecule has 0 atom stereocenters. The molecule has 0 heterocycles. The zero-order chi connectivity index (χ0) is 41.0. The SMILES string of the molecule is CCCCCCCCCC.CCCCCCCCCC.CCCCCCCCCC.CCCCCCCCCC.CCCCCCCCCC.O=NO. The topological polar surface area (TPSA) is 49.7 Å². The maximum atomic E-state index is 8.11. The number of hydrogen-bond donors (Lipinski definition) is 1. The van der Waals surface area contributed by atoms with E-state index in [4.69, 9.17) is 10.1 Å². The Bertz CT molecular complexity index is 351. The minimum absolute atomic E-state index is 1.25. The second-order valence-corrected chi connectivity index (χ2v) is 15.7. The monoisotopic (exact) mass is 758 g/mol. The molecule has 53 heavy (non-hydrogen) atoms. The molecule has 0 fully saturated rings. The number of nitrogens with zero attached hydrogens (tertiary/aromatic N) is 1. The van der Waals surface area contributed by atoms with E-state index >= 15 is 0 Å². The molecule has 0 amide bonds. The normalized spacial score (nSPS) is 9.85. The summed E-state index contributed by atoms with van der Waals surface area (Å²) in [4.78, 5) is 8.11. The number of rotatable bonds is 35. The van der Waals surface area contributed by atoms with Crippen molar-refractivity contribution in [1.82, 2.24) is 0 Å². The predicted octanol–water partition coefficient (Wildman–Crippen LogP) is 20.9. The number of hydrogen-bond acceptors (Lipinski definition) is 2. The van der Waals surface area contributed by atoms with E-state index in [0.29, 0.717) is 0 Å². The van der Waals surface area contributed by atoms with Crippen molar-refractivity contribution in [3.63, 3.8) is 0 Å². The van der Waals surface area contributed by atoms with Crippen LogP contribution in [0.1, 0.15) is 326 Å². The first-order valence-corrected chi connectivity index (χ1v) is 25.0. The molecule has 0 aliphatic heterocycles. The second kappa shape index (κ2) is 80.0. The quantitative estimate of drug-likeness (QED) is 0.0398. The first kappa shape index (κ1) is 64.3. The fourth-order valence-corrected chi connectivity index (χ4v) is 6.04. The lowest BCUT2D eigenvalue weighted by molar-refractivity contribution is 0.312. The van der Waals surface area contributed by atoms with Crippen molar-refractivity contribution in [2.24, 2.45) is 5.34 Å². The zero-order valence-electron chi connectivity index (χ0n) is 39.6. The van der Waals surface area contributed by atoms with Crippen molar-refractivity contribution >= 4 is 0 Å². The van der Waals surface area contributed by atoms with E-state index in [1.807, 2.05) is 0 Å². The summed E-state index contributed by atoms with van der Waals surface area (Å²) < 4.78 is 0. The van der Waals surface area contributed by atoms with E-state index in [9.17, 15) is 0 Å². The van der Waals surface area contributed by atoms with Gasteiger partial charge in [-0.25, -0.2) is 0 Å². The predicted molar refractivity (Wildman–Crippen MR) is 249 cm³/mol. The molecule has 0 unspecified atom stereocenters. The lowest BCUT2D eigenvalue weighted by Gasteiger charge is -1.97. The van der Waals surface area contributed by atoms with Crippen LogP contribution in [-0.2, 0) is 0 Å². The molecule has 3 nitrogen and oxygen atoms in total. The minimum Gasteiger partial charge on any atom is -0.379 e. The average molecular weight is 758 g/mol. The second-order valence-electron chi connectivity index (χ2n) is 15.7. The Kier molecular flexibility index (Phi) is 97.1. The molecule has 1 N–H and O–H groups in total. The van der Waals surface area contributed by atoms with E-state index in [1.165, 1.54) is 262 Å². The molecule has 0 aliphatic rings. The molecular formula is C50H111NO2. The van der Waals surface area contributed by atoms with Crippen LogP contribution in [0.25, 0.3) is 0 Å². The summed E-state index contributed by atoms with van der Waals surface area (Å²) >= 11 is 0. The lowest BCUT2D eigenvalue weighted by atomic mass is 10.1. The van der Waals surface area contributed by atoms with Crippen molar-refractivity contribution in [3.05, 3.63) is 4.91 Å². The highest BCUT2D eigenvalue weighted by Crippen LogP contribution is 2.10. The first-order valence-electron chi connectivity index (χ1n) is 25.0. The molecule has 0 saturated heterocycles. The summed E-state index contributed by atoms with van der Waals surface area (Å²) in [6.45, 7) is 22.7. The van der Waals surface area contributed by atoms with Gasteiger partial charge in [-0.3, -0.25) is 0 Å². The lowest BCUT2D eigenvalue weighted by Crippen LogP contribution is -1.77. The molecule has 3 heteroatoms. The van der Waals surface area contributed by atoms with Crippen LogP contribution >= 0.6 is 0 Å². The van der Waals surface area contributed by atoms with E-state index in [-0.39, 0.29) is 0 Å². The van der Waals surface area contributed by atoms with Crippen molar-refractivity contribution in [2.45, 2.75) is 326 Å². The van der Waals surface area contributed by atoms with Gasteiger partial charge in [0.15, 0.2) is 5.34 Å². The van der Waals surface area contributed by atoms with E-state index in [2.05, 4.69) is 69.2 Å². The third-order valence-electron chi connectivity index (χ3n) is 9.79. The molecule has 0 radical (unpaired) electrons. The van der Waals surface area contributed by atoms with Gasteiger partial charge in [0.1, 0.15) is 0 Å². The highest BCUT2D eigenvalue weighted by molar-refractivity contribution is 4.46. The smallest absolute Gasteiger partial charge is 0.152 e. The number of unbranched alkanes of at least 4 members (excludes halogenated alkanes) is 35. The Morgan fingerprint density at radius 2 is 0.264 bits per heavy atom. The summed E-state index contributed by atoms with van der Waals surface area (Å²) in [5.74, 6) is 0. The average Bonchev–Trinajstić information content (AvgIpc) is 3.17. The van der Waals surface area contributed by atoms with Gasteiger partial charge in [0.25, 0.3) is 0 Å². The van der Waals surface area contributed by atoms with Crippen LogP contribution in [0, 0.1) is 4.91 Å². The van der Waals surface area contributed by atoms with E-state index in [1.54, 1.807) is 0 Å². The molecule has 0 spiro atoms. The third kappa shape index (κ3) is 106. The maximum Gasteiger partial charge on any atom is 0.152 e. The standard InChI is InChI=1S/5C10H22.HNO2/c5*1-3-5-7-9-10-8-6-4-2;2-1-3/h5*3-10H2,1-2H3;(H,2,3). The molecule has 0 aromatic heterocycles. The third-order valence-corrected chi connectivity index (χ3v) is 9.79. The Morgan fingerprint density at radius 1 is 0.208 bits per heavy atom. The molecule has 0 aliphatic carbocycles. The van der Waals surface area contributed by atoms with Gasteiger partial charge >= 0.3 is 0 Å². The van der Waals surface area contributed by atoms with Gasteiger partial charge in [0, 0.05) is 0 Å². The van der Waals surface area contributed by atoms with Crippen molar-refractivity contribution in [1.29, 1.82) is 0 Å². The molecule has 0 saturated carbocycles. The Labute approximate surface area is 340 Å². The minimum atomic E-state index is 1.25. The summed E-state index contributed by atoms with van der Waals surface area (Å²) in [5, 5.41) is 7.89. The summed E-state index contributed by atoms with van der Waals surface area (Å²) in [6.07, 6.45) is 57.3. The van der Waals surface area contributed by atoms with Gasteiger partial charge < -0.3 is 5.21 Å². The van der Waals surface area contributed by atoms with E-state index in [0.717, 1.165) is 0 Å². The van der Waals surface area contributed by atoms with Crippen LogP contribution in [0.4, 0.5) is 0 Å². The fraction of sp³-hybridized carbons (Fsp3) is 1.00. The largest absolute Gasteiger partial charge is 0.379 e. The molecule has 328 valence electrons. The summed E-state index contributed by atoms with van der Waals surface area (Å²) in [6, 6.07) is 0. The van der Waals surface area contributed by atoms with Gasteiger partial charge in [-0.15, -0.1) is 4.91 Å². The Morgan fingerprint density at radius 3 is 0.321 bits per heavy atom. The molecular weight excluding hydrogens is 647 g/mol. The van der Waals surface area contributed by atoms with E-state index < -0.39 is 0 Å². The zero-order valence-corrected chi connectivity index (χ0v) is 39.6. The Hall–Kier alpha value is -0.600. The van der Waals surface area contributed by atoms with Gasteiger partial charge in [-0.05, 0) is 0 Å². The summed E-state index contributed by atoms with van der Waals surface area (Å²) in [5.41, 5.74) is 0. The first-order chi connectivity index (χ1) is 26.0. The van der Waals surface area contributed by atoms with Crippen molar-refractivity contribution < 1.29 is 5.21 Å². The van der Waals surface area contributed by atoms with Gasteiger partial charge in [-0.1, -0.05) is 326 Å². The highest BCUT2D eigenvalue weighted by atomic mass is 16.6. The van der Waals surface area contributed by atoms with Crippen LogP contribution < -0.4 is 0 Å². The van der Waals surface area contributed by atoms with Crippen molar-refractivity contribution in [2.75, 3.05) is 0 Å². The fourth-order valence-electron chi connectivity index (χ4n) is 6.04. The van der Waals surface area contributed by atoms with Crippen LogP contribution in [0.2, 0.25) is 0 Å². The van der Waals surface area contributed by atoms with Crippen LogP contribution in [0.15, 0.2) is 5.34 Å². The van der Waals surface area contributed by atoms with Crippen LogP contribution in [-0.4, -0.2) is 5.21 Å².